The molecule has 0 aliphatic rings. The Balaban J connectivity index is 1.61. The van der Waals surface area contributed by atoms with Crippen molar-refractivity contribution in [3.05, 3.63) is 100 Å². The number of carbonyl (C=O) groups is 2. The summed E-state index contributed by atoms with van der Waals surface area (Å²) < 4.78 is 0. The molecule has 0 atom stereocenters. The normalized spacial score (nSPS) is 10.1. The third-order valence-electron chi connectivity index (χ3n) is 3.78. The molecule has 0 radical (unpaired) electrons. The molecule has 3 rings (SSSR count). The van der Waals surface area contributed by atoms with E-state index in [4.69, 9.17) is 0 Å². The number of hydrogen-bond donors (Lipinski definition) is 2. The van der Waals surface area contributed by atoms with Gasteiger partial charge in [0.2, 0.25) is 0 Å². The van der Waals surface area contributed by atoms with Gasteiger partial charge in [-0.1, -0.05) is 30.3 Å². The van der Waals surface area contributed by atoms with Gasteiger partial charge in [-0.05, 0) is 36.4 Å². The zero-order valence-electron chi connectivity index (χ0n) is 14.1. The summed E-state index contributed by atoms with van der Waals surface area (Å²) in [6.45, 7) is 0. The van der Waals surface area contributed by atoms with E-state index in [0.717, 1.165) is 0 Å². The Kier molecular flexibility index (Phi) is 5.22. The molecule has 3 aromatic carbocycles. The van der Waals surface area contributed by atoms with Crippen LogP contribution in [0.5, 0.6) is 0 Å². The predicted octanol–water partition coefficient (Wildman–Crippen LogP) is 4.47. The van der Waals surface area contributed by atoms with E-state index >= 15 is 0 Å². The van der Waals surface area contributed by atoms with Gasteiger partial charge in [-0.25, -0.2) is 4.79 Å². The molecule has 0 bridgehead atoms. The maximum atomic E-state index is 12.3. The van der Waals surface area contributed by atoms with Gasteiger partial charge in [0.15, 0.2) is 5.78 Å². The second kappa shape index (κ2) is 7.92. The van der Waals surface area contributed by atoms with E-state index in [2.05, 4.69) is 10.6 Å². The molecule has 27 heavy (non-hydrogen) atoms. The molecule has 7 nitrogen and oxygen atoms in total. The lowest BCUT2D eigenvalue weighted by Crippen LogP contribution is -2.19. The molecule has 0 aliphatic carbocycles. The van der Waals surface area contributed by atoms with Crippen molar-refractivity contribution >= 4 is 28.9 Å². The van der Waals surface area contributed by atoms with Crippen molar-refractivity contribution in [2.45, 2.75) is 0 Å². The first-order valence-electron chi connectivity index (χ1n) is 8.05. The molecule has 0 aliphatic heterocycles. The van der Waals surface area contributed by atoms with Gasteiger partial charge in [0.05, 0.1) is 4.92 Å². The minimum atomic E-state index is -0.512. The fourth-order valence-electron chi connectivity index (χ4n) is 2.42. The molecule has 0 fully saturated rings. The molecule has 2 N–H and O–H groups in total. The number of nitrogens with zero attached hydrogens (tertiary/aromatic N) is 1. The van der Waals surface area contributed by atoms with Gasteiger partial charge in [-0.15, -0.1) is 0 Å². The summed E-state index contributed by atoms with van der Waals surface area (Å²) in [6, 6.07) is 20.5. The van der Waals surface area contributed by atoms with Crippen LogP contribution in [0.2, 0.25) is 0 Å². The van der Waals surface area contributed by atoms with Gasteiger partial charge < -0.3 is 10.6 Å². The van der Waals surface area contributed by atoms with Crippen molar-refractivity contribution in [2.24, 2.45) is 0 Å². The number of ketones is 1. The minimum absolute atomic E-state index is 0.0559. The van der Waals surface area contributed by atoms with Crippen molar-refractivity contribution in [3.8, 4) is 0 Å². The first-order valence-corrected chi connectivity index (χ1v) is 8.05. The molecule has 3 aromatic rings. The summed E-state index contributed by atoms with van der Waals surface area (Å²) in [6.07, 6.45) is 0. The smallest absolute Gasteiger partial charge is 0.308 e. The number of nitro benzene ring substituents is 1. The Hall–Kier alpha value is -4.00. The number of hydrogen-bond acceptors (Lipinski definition) is 4. The first kappa shape index (κ1) is 17.8. The van der Waals surface area contributed by atoms with Crippen LogP contribution in [-0.4, -0.2) is 16.7 Å². The lowest BCUT2D eigenvalue weighted by molar-refractivity contribution is -0.384. The monoisotopic (exact) mass is 361 g/mol. The second-order valence-corrected chi connectivity index (χ2v) is 5.66. The van der Waals surface area contributed by atoms with Gasteiger partial charge in [0, 0.05) is 34.6 Å². The zero-order chi connectivity index (χ0) is 19.2. The van der Waals surface area contributed by atoms with E-state index in [1.54, 1.807) is 48.5 Å². The van der Waals surface area contributed by atoms with Crippen LogP contribution in [0.15, 0.2) is 78.9 Å². The van der Waals surface area contributed by atoms with Crippen LogP contribution >= 0.6 is 0 Å². The average molecular weight is 361 g/mol. The highest BCUT2D eigenvalue weighted by Gasteiger charge is 2.10. The highest BCUT2D eigenvalue weighted by atomic mass is 16.6. The molecular weight excluding hydrogens is 346 g/mol. The van der Waals surface area contributed by atoms with Crippen LogP contribution in [0.4, 0.5) is 21.9 Å². The van der Waals surface area contributed by atoms with Crippen LogP contribution in [0.25, 0.3) is 0 Å². The lowest BCUT2D eigenvalue weighted by Gasteiger charge is -2.08. The van der Waals surface area contributed by atoms with E-state index in [9.17, 15) is 19.7 Å². The topological polar surface area (TPSA) is 101 Å². The summed E-state index contributed by atoms with van der Waals surface area (Å²) in [4.78, 5) is 34.5. The fraction of sp³-hybridized carbons (Fsp3) is 0. The number of amides is 2. The molecule has 0 saturated carbocycles. The van der Waals surface area contributed by atoms with Crippen molar-refractivity contribution in [2.75, 3.05) is 10.6 Å². The van der Waals surface area contributed by atoms with Crippen LogP contribution in [-0.2, 0) is 0 Å². The maximum absolute atomic E-state index is 12.3. The van der Waals surface area contributed by atoms with Crippen LogP contribution in [0, 0.1) is 10.1 Å². The minimum Gasteiger partial charge on any atom is -0.308 e. The van der Waals surface area contributed by atoms with E-state index in [-0.39, 0.29) is 11.5 Å². The summed E-state index contributed by atoms with van der Waals surface area (Å²) in [7, 11) is 0. The molecule has 0 heterocycles. The van der Waals surface area contributed by atoms with Gasteiger partial charge in [-0.3, -0.25) is 14.9 Å². The van der Waals surface area contributed by atoms with Crippen LogP contribution in [0.1, 0.15) is 15.9 Å². The number of nitrogens with one attached hydrogen (secondary N) is 2. The van der Waals surface area contributed by atoms with Crippen molar-refractivity contribution in [3.63, 3.8) is 0 Å². The Labute approximate surface area is 154 Å². The molecular formula is C20H15N3O4. The van der Waals surface area contributed by atoms with Gasteiger partial charge >= 0.3 is 6.03 Å². The molecule has 2 amide bonds. The largest absolute Gasteiger partial charge is 0.323 e. The first-order chi connectivity index (χ1) is 13.0. The third kappa shape index (κ3) is 4.55. The highest BCUT2D eigenvalue weighted by molar-refractivity contribution is 6.09. The SMILES string of the molecule is O=C(Nc1ccc(C(=O)c2ccccc2)cc1)Nc1ccc([N+](=O)[O-])cc1. The van der Waals surface area contributed by atoms with Gasteiger partial charge in [-0.2, -0.15) is 0 Å². The summed E-state index contributed by atoms with van der Waals surface area (Å²) >= 11 is 0. The van der Waals surface area contributed by atoms with E-state index < -0.39 is 11.0 Å². The summed E-state index contributed by atoms with van der Waals surface area (Å²) in [5, 5.41) is 15.8. The van der Waals surface area contributed by atoms with Gasteiger partial charge in [0.1, 0.15) is 0 Å². The molecule has 134 valence electrons. The number of non-ortho nitro benzene ring substituents is 1. The standard InChI is InChI=1S/C20H15N3O4/c24-19(14-4-2-1-3-5-14)15-6-8-16(9-7-15)21-20(25)22-17-10-12-18(13-11-17)23(26)27/h1-13H,(H2,21,22,25). The lowest BCUT2D eigenvalue weighted by atomic mass is 10.0. The Bertz CT molecular complexity index is 968. The van der Waals surface area contributed by atoms with Crippen LogP contribution in [0.3, 0.4) is 0 Å². The van der Waals surface area contributed by atoms with E-state index in [0.29, 0.717) is 22.5 Å². The number of carbonyl (C=O) groups excluding carboxylic acids is 2. The predicted molar refractivity (Wildman–Crippen MR) is 102 cm³/mol. The van der Waals surface area contributed by atoms with Crippen LogP contribution < -0.4 is 10.6 Å². The Morgan fingerprint density at radius 3 is 1.70 bits per heavy atom. The summed E-state index contributed by atoms with van der Waals surface area (Å²) in [5.74, 6) is -0.0996. The second-order valence-electron chi connectivity index (χ2n) is 5.66. The number of rotatable bonds is 5. The third-order valence-corrected chi connectivity index (χ3v) is 3.78. The highest BCUT2D eigenvalue weighted by Crippen LogP contribution is 2.17. The number of urea groups is 1. The van der Waals surface area contributed by atoms with E-state index in [1.807, 2.05) is 6.07 Å². The molecule has 0 aromatic heterocycles. The zero-order valence-corrected chi connectivity index (χ0v) is 14.1. The van der Waals surface area contributed by atoms with Gasteiger partial charge in [0.25, 0.3) is 5.69 Å². The van der Waals surface area contributed by atoms with Crippen molar-refractivity contribution in [1.82, 2.24) is 0 Å². The van der Waals surface area contributed by atoms with E-state index in [1.165, 1.54) is 24.3 Å². The molecule has 0 spiro atoms. The molecule has 0 saturated heterocycles. The van der Waals surface area contributed by atoms with Crippen molar-refractivity contribution in [1.29, 1.82) is 0 Å². The molecule has 0 unspecified atom stereocenters. The maximum Gasteiger partial charge on any atom is 0.323 e. The average Bonchev–Trinajstić information content (AvgIpc) is 2.69. The summed E-state index contributed by atoms with van der Waals surface area (Å²) in [5.41, 5.74) is 1.99. The Morgan fingerprint density at radius 2 is 1.19 bits per heavy atom. The quantitative estimate of drug-likeness (QED) is 0.398. The Morgan fingerprint density at radius 1 is 0.704 bits per heavy atom. The number of benzene rings is 3. The fourth-order valence-corrected chi connectivity index (χ4v) is 2.42. The molecule has 7 heteroatoms. The number of anilines is 2. The number of nitro groups is 1. The van der Waals surface area contributed by atoms with Crippen molar-refractivity contribution < 1.29 is 14.5 Å².